The first kappa shape index (κ1) is 12.6. The topological polar surface area (TPSA) is 55.7 Å². The van der Waals surface area contributed by atoms with Crippen LogP contribution < -0.4 is 0 Å². The molecule has 2 rings (SSSR count). The lowest BCUT2D eigenvalue weighted by Gasteiger charge is -2.09. The SMILES string of the molecule is Cn1ncc(COCc2ncc[nH]2)c1C(F)(F)F. The van der Waals surface area contributed by atoms with Crippen LogP contribution in [0.1, 0.15) is 17.1 Å². The van der Waals surface area contributed by atoms with Crippen LogP contribution in [0, 0.1) is 0 Å². The molecule has 0 fully saturated rings. The van der Waals surface area contributed by atoms with Crippen LogP contribution in [0.5, 0.6) is 0 Å². The van der Waals surface area contributed by atoms with Crippen molar-refractivity contribution in [2.45, 2.75) is 19.4 Å². The van der Waals surface area contributed by atoms with Gasteiger partial charge in [0.05, 0.1) is 12.8 Å². The summed E-state index contributed by atoms with van der Waals surface area (Å²) in [5.74, 6) is 0.562. The maximum atomic E-state index is 12.7. The highest BCUT2D eigenvalue weighted by Crippen LogP contribution is 2.31. The highest BCUT2D eigenvalue weighted by atomic mass is 19.4. The van der Waals surface area contributed by atoms with E-state index in [0.717, 1.165) is 10.9 Å². The van der Waals surface area contributed by atoms with E-state index < -0.39 is 11.9 Å². The van der Waals surface area contributed by atoms with Crippen molar-refractivity contribution < 1.29 is 17.9 Å². The lowest BCUT2D eigenvalue weighted by atomic mass is 10.2. The number of aromatic amines is 1. The third-order valence-corrected chi connectivity index (χ3v) is 2.33. The predicted molar refractivity (Wildman–Crippen MR) is 55.3 cm³/mol. The van der Waals surface area contributed by atoms with Crippen molar-refractivity contribution >= 4 is 0 Å². The summed E-state index contributed by atoms with van der Waals surface area (Å²) < 4.78 is 44.1. The normalized spacial score (nSPS) is 12.0. The fraction of sp³-hybridized carbons (Fsp3) is 0.400. The molecule has 0 radical (unpaired) electrons. The third kappa shape index (κ3) is 2.70. The first-order valence-electron chi connectivity index (χ1n) is 5.12. The van der Waals surface area contributed by atoms with Gasteiger partial charge in [0.2, 0.25) is 0 Å². The zero-order chi connectivity index (χ0) is 13.2. The van der Waals surface area contributed by atoms with E-state index in [9.17, 15) is 13.2 Å². The summed E-state index contributed by atoms with van der Waals surface area (Å²) in [5, 5.41) is 3.59. The van der Waals surface area contributed by atoms with E-state index in [4.69, 9.17) is 4.74 Å². The van der Waals surface area contributed by atoms with Gasteiger partial charge in [0.25, 0.3) is 0 Å². The fourth-order valence-electron chi connectivity index (χ4n) is 1.59. The van der Waals surface area contributed by atoms with Crippen molar-refractivity contribution in [3.05, 3.63) is 35.7 Å². The summed E-state index contributed by atoms with van der Waals surface area (Å²) in [6.07, 6.45) is -0.118. The third-order valence-electron chi connectivity index (χ3n) is 2.33. The number of nitrogens with zero attached hydrogens (tertiary/aromatic N) is 3. The largest absolute Gasteiger partial charge is 0.433 e. The second-order valence-corrected chi connectivity index (χ2v) is 3.67. The van der Waals surface area contributed by atoms with Crippen LogP contribution in [0.3, 0.4) is 0 Å². The van der Waals surface area contributed by atoms with Crippen molar-refractivity contribution in [3.63, 3.8) is 0 Å². The van der Waals surface area contributed by atoms with E-state index in [-0.39, 0.29) is 18.8 Å². The monoisotopic (exact) mass is 260 g/mol. The Morgan fingerprint density at radius 3 is 2.78 bits per heavy atom. The number of aryl methyl sites for hydroxylation is 1. The van der Waals surface area contributed by atoms with Crippen LogP contribution in [-0.4, -0.2) is 19.7 Å². The fourth-order valence-corrected chi connectivity index (χ4v) is 1.59. The second kappa shape index (κ2) is 4.81. The van der Waals surface area contributed by atoms with Crippen LogP contribution in [0.15, 0.2) is 18.6 Å². The summed E-state index contributed by atoms with van der Waals surface area (Å²) in [7, 11) is 1.25. The Hall–Kier alpha value is -1.83. The van der Waals surface area contributed by atoms with Crippen LogP contribution in [0.4, 0.5) is 13.2 Å². The molecule has 0 saturated heterocycles. The average Bonchev–Trinajstić information content (AvgIpc) is 2.87. The first-order valence-corrected chi connectivity index (χ1v) is 5.12. The molecule has 98 valence electrons. The van der Waals surface area contributed by atoms with Gasteiger partial charge in [0.15, 0.2) is 0 Å². The Labute approximate surface area is 101 Å². The minimum Gasteiger partial charge on any atom is -0.369 e. The molecule has 0 unspecified atom stereocenters. The molecule has 0 aromatic carbocycles. The molecule has 18 heavy (non-hydrogen) atoms. The zero-order valence-electron chi connectivity index (χ0n) is 9.53. The molecule has 2 aromatic heterocycles. The van der Waals surface area contributed by atoms with Gasteiger partial charge >= 0.3 is 6.18 Å². The van der Waals surface area contributed by atoms with Crippen LogP contribution in [-0.2, 0) is 31.2 Å². The molecule has 2 heterocycles. The molecule has 8 heteroatoms. The number of ether oxygens (including phenoxy) is 1. The first-order chi connectivity index (χ1) is 8.48. The van der Waals surface area contributed by atoms with Gasteiger partial charge in [-0.2, -0.15) is 18.3 Å². The molecule has 0 spiro atoms. The van der Waals surface area contributed by atoms with Gasteiger partial charge in [-0.05, 0) is 0 Å². The lowest BCUT2D eigenvalue weighted by Crippen LogP contribution is -2.14. The van der Waals surface area contributed by atoms with Gasteiger partial charge in [-0.3, -0.25) is 4.68 Å². The van der Waals surface area contributed by atoms with E-state index in [1.54, 1.807) is 12.4 Å². The van der Waals surface area contributed by atoms with Gasteiger partial charge in [-0.25, -0.2) is 4.98 Å². The Morgan fingerprint density at radius 1 is 1.39 bits per heavy atom. The molecule has 0 atom stereocenters. The maximum Gasteiger partial charge on any atom is 0.433 e. The van der Waals surface area contributed by atoms with Crippen molar-refractivity contribution in [2.24, 2.45) is 7.05 Å². The zero-order valence-corrected chi connectivity index (χ0v) is 9.53. The number of aromatic nitrogens is 4. The Balaban J connectivity index is 2.02. The molecule has 1 N–H and O–H groups in total. The number of H-pyrrole nitrogens is 1. The summed E-state index contributed by atoms with van der Waals surface area (Å²) in [6.45, 7) is -0.0391. The van der Waals surface area contributed by atoms with Crippen LogP contribution >= 0.6 is 0 Å². The molecular formula is C10H11F3N4O. The number of hydrogen-bond donors (Lipinski definition) is 1. The molecule has 2 aromatic rings. The van der Waals surface area contributed by atoms with Gasteiger partial charge in [-0.1, -0.05) is 0 Å². The molecular weight excluding hydrogens is 249 g/mol. The Kier molecular flexibility index (Phi) is 3.37. The quantitative estimate of drug-likeness (QED) is 0.913. The standard InChI is InChI=1S/C10H11F3N4O/c1-17-9(10(11,12)13)7(4-16-17)5-18-6-8-14-2-3-15-8/h2-4H,5-6H2,1H3,(H,14,15). The number of imidazole rings is 1. The van der Waals surface area contributed by atoms with Crippen molar-refractivity contribution in [3.8, 4) is 0 Å². The number of halogens is 3. The number of nitrogens with one attached hydrogen (secondary N) is 1. The smallest absolute Gasteiger partial charge is 0.369 e. The Morgan fingerprint density at radius 2 is 2.17 bits per heavy atom. The predicted octanol–water partition coefficient (Wildman–Crippen LogP) is 1.88. The van der Waals surface area contributed by atoms with Gasteiger partial charge in [0.1, 0.15) is 18.1 Å². The molecule has 0 aliphatic rings. The van der Waals surface area contributed by atoms with E-state index >= 15 is 0 Å². The van der Waals surface area contributed by atoms with E-state index in [2.05, 4.69) is 15.1 Å². The minimum absolute atomic E-state index is 0.0107. The highest BCUT2D eigenvalue weighted by molar-refractivity contribution is 5.19. The van der Waals surface area contributed by atoms with Crippen molar-refractivity contribution in [1.29, 1.82) is 0 Å². The summed E-state index contributed by atoms with van der Waals surface area (Å²) >= 11 is 0. The van der Waals surface area contributed by atoms with Gasteiger partial charge < -0.3 is 9.72 Å². The summed E-state index contributed by atoms with van der Waals surface area (Å²) in [6, 6.07) is 0. The molecule has 0 amide bonds. The van der Waals surface area contributed by atoms with Gasteiger partial charge in [-0.15, -0.1) is 0 Å². The van der Waals surface area contributed by atoms with E-state index in [1.165, 1.54) is 7.05 Å². The van der Waals surface area contributed by atoms with E-state index in [0.29, 0.717) is 5.82 Å². The molecule has 0 saturated carbocycles. The van der Waals surface area contributed by atoms with Crippen molar-refractivity contribution in [1.82, 2.24) is 19.7 Å². The molecule has 0 aliphatic carbocycles. The average molecular weight is 260 g/mol. The summed E-state index contributed by atoms with van der Waals surface area (Å²) in [4.78, 5) is 6.69. The number of alkyl halides is 3. The van der Waals surface area contributed by atoms with Gasteiger partial charge in [0, 0.05) is 25.0 Å². The minimum atomic E-state index is -4.44. The summed E-state index contributed by atoms with van der Waals surface area (Å²) in [5.41, 5.74) is -0.779. The second-order valence-electron chi connectivity index (χ2n) is 3.67. The number of hydrogen-bond acceptors (Lipinski definition) is 3. The maximum absolute atomic E-state index is 12.7. The van der Waals surface area contributed by atoms with Crippen LogP contribution in [0.2, 0.25) is 0 Å². The molecule has 0 bridgehead atoms. The van der Waals surface area contributed by atoms with Crippen LogP contribution in [0.25, 0.3) is 0 Å². The highest BCUT2D eigenvalue weighted by Gasteiger charge is 2.37. The molecule has 5 nitrogen and oxygen atoms in total. The molecule has 0 aliphatic heterocycles. The lowest BCUT2D eigenvalue weighted by molar-refractivity contribution is -0.145. The number of rotatable bonds is 4. The van der Waals surface area contributed by atoms with E-state index in [1.807, 2.05) is 0 Å². The van der Waals surface area contributed by atoms with Crippen molar-refractivity contribution in [2.75, 3.05) is 0 Å². The Bertz CT molecular complexity index is 504.